The van der Waals surface area contributed by atoms with E-state index in [0.717, 1.165) is 50.6 Å². The summed E-state index contributed by atoms with van der Waals surface area (Å²) in [5.41, 5.74) is -0.109. The Hall–Kier alpha value is -3.01. The number of rotatable bonds is 10. The molecule has 2 unspecified atom stereocenters. The van der Waals surface area contributed by atoms with Crippen LogP contribution >= 0.6 is 0 Å². The summed E-state index contributed by atoms with van der Waals surface area (Å²) in [6.07, 6.45) is 4.66. The maximum absolute atomic E-state index is 13.3. The molecule has 1 aromatic rings. The molecule has 0 bridgehead atoms. The van der Waals surface area contributed by atoms with Crippen molar-refractivity contribution < 1.29 is 28.6 Å². The van der Waals surface area contributed by atoms with Gasteiger partial charge >= 0.3 is 18.3 Å². The van der Waals surface area contributed by atoms with Crippen LogP contribution in [0.1, 0.15) is 85.6 Å². The molecule has 0 aliphatic carbocycles. The van der Waals surface area contributed by atoms with E-state index in [9.17, 15) is 14.4 Å². The number of benzene rings is 1. The molecule has 2 atom stereocenters. The highest BCUT2D eigenvalue weighted by Gasteiger charge is 2.30. The standard InChI is InChI=1S/C34H56N4O6/c1-33(2,3)43-30(39)36(7)19-14-27-13-18-35-29(23-27)24-38(32(41)44-34(4,5)6)22-17-26-15-20-37(21-16-26)31(40)42-25-28-11-9-8-10-12-28/h8-12,26-27,29,35H,13-25H2,1-7H3. The van der Waals surface area contributed by atoms with Gasteiger partial charge in [0.1, 0.15) is 17.8 Å². The number of nitrogens with zero attached hydrogens (tertiary/aromatic N) is 3. The molecule has 2 aliphatic rings. The van der Waals surface area contributed by atoms with E-state index in [1.807, 2.05) is 76.8 Å². The minimum atomic E-state index is -0.574. The summed E-state index contributed by atoms with van der Waals surface area (Å²) in [4.78, 5) is 43.5. The number of hydrogen-bond acceptors (Lipinski definition) is 7. The summed E-state index contributed by atoms with van der Waals surface area (Å²) < 4.78 is 16.8. The van der Waals surface area contributed by atoms with E-state index < -0.39 is 11.2 Å². The number of ether oxygens (including phenoxy) is 3. The van der Waals surface area contributed by atoms with Crippen molar-refractivity contribution in [2.45, 2.75) is 104 Å². The van der Waals surface area contributed by atoms with Gasteiger partial charge in [-0.1, -0.05) is 30.3 Å². The number of hydrogen-bond donors (Lipinski definition) is 1. The highest BCUT2D eigenvalue weighted by molar-refractivity contribution is 5.68. The lowest BCUT2D eigenvalue weighted by atomic mass is 9.89. The van der Waals surface area contributed by atoms with Gasteiger partial charge in [0, 0.05) is 45.8 Å². The number of amides is 3. The molecule has 0 spiro atoms. The highest BCUT2D eigenvalue weighted by Crippen LogP contribution is 2.25. The fourth-order valence-electron chi connectivity index (χ4n) is 5.71. The molecular formula is C34H56N4O6. The third-order valence-electron chi connectivity index (χ3n) is 8.16. The monoisotopic (exact) mass is 616 g/mol. The van der Waals surface area contributed by atoms with Crippen LogP contribution in [0.25, 0.3) is 0 Å². The lowest BCUT2D eigenvalue weighted by Crippen LogP contribution is -2.49. The van der Waals surface area contributed by atoms with Crippen LogP contribution in [-0.4, -0.2) is 96.5 Å². The summed E-state index contributed by atoms with van der Waals surface area (Å²) in [5, 5.41) is 3.61. The van der Waals surface area contributed by atoms with E-state index in [0.29, 0.717) is 44.6 Å². The molecule has 0 saturated carbocycles. The molecule has 2 fully saturated rings. The summed E-state index contributed by atoms with van der Waals surface area (Å²) >= 11 is 0. The van der Waals surface area contributed by atoms with Gasteiger partial charge in [0.25, 0.3) is 0 Å². The average Bonchev–Trinajstić information content (AvgIpc) is 2.96. The number of piperidine rings is 2. The van der Waals surface area contributed by atoms with Crippen LogP contribution in [0.15, 0.2) is 30.3 Å². The van der Waals surface area contributed by atoms with E-state index in [2.05, 4.69) is 5.32 Å². The lowest BCUT2D eigenvalue weighted by Gasteiger charge is -2.36. The number of likely N-dealkylation sites (tertiary alicyclic amines) is 1. The maximum atomic E-state index is 13.3. The zero-order valence-electron chi connectivity index (χ0n) is 28.1. The molecule has 10 heteroatoms. The molecule has 44 heavy (non-hydrogen) atoms. The van der Waals surface area contributed by atoms with Crippen LogP contribution in [0.3, 0.4) is 0 Å². The Morgan fingerprint density at radius 1 is 0.864 bits per heavy atom. The van der Waals surface area contributed by atoms with Crippen LogP contribution in [-0.2, 0) is 20.8 Å². The first-order valence-corrected chi connectivity index (χ1v) is 16.3. The molecule has 10 nitrogen and oxygen atoms in total. The van der Waals surface area contributed by atoms with Gasteiger partial charge in [-0.3, -0.25) is 0 Å². The molecular weight excluding hydrogens is 560 g/mol. The predicted octanol–water partition coefficient (Wildman–Crippen LogP) is 6.29. The smallest absolute Gasteiger partial charge is 0.410 e. The van der Waals surface area contributed by atoms with Crippen molar-refractivity contribution in [3.63, 3.8) is 0 Å². The van der Waals surface area contributed by atoms with Crippen LogP contribution in [0.4, 0.5) is 14.4 Å². The van der Waals surface area contributed by atoms with Gasteiger partial charge in [-0.05, 0) is 104 Å². The van der Waals surface area contributed by atoms with E-state index >= 15 is 0 Å². The Bertz CT molecular complexity index is 1050. The van der Waals surface area contributed by atoms with Crippen molar-refractivity contribution in [2.24, 2.45) is 11.8 Å². The Morgan fingerprint density at radius 3 is 2.11 bits per heavy atom. The first kappa shape index (κ1) is 35.5. The van der Waals surface area contributed by atoms with E-state index in [1.165, 1.54) is 0 Å². The second-order valence-electron chi connectivity index (χ2n) is 14.4. The Kier molecular flexibility index (Phi) is 13.2. The third-order valence-corrected chi connectivity index (χ3v) is 8.16. The molecule has 248 valence electrons. The lowest BCUT2D eigenvalue weighted by molar-refractivity contribution is 0.0193. The van der Waals surface area contributed by atoms with Crippen LogP contribution in [0.2, 0.25) is 0 Å². The van der Waals surface area contributed by atoms with Gasteiger partial charge in [-0.2, -0.15) is 0 Å². The molecule has 3 rings (SSSR count). The summed E-state index contributed by atoms with van der Waals surface area (Å²) in [6, 6.07) is 9.87. The van der Waals surface area contributed by atoms with Crippen LogP contribution in [0, 0.1) is 11.8 Å². The second-order valence-corrected chi connectivity index (χ2v) is 14.4. The largest absolute Gasteiger partial charge is 0.445 e. The number of carbonyl (C=O) groups excluding carboxylic acids is 3. The molecule has 1 aromatic carbocycles. The van der Waals surface area contributed by atoms with Crippen LogP contribution in [0.5, 0.6) is 0 Å². The first-order chi connectivity index (χ1) is 20.7. The molecule has 2 aliphatic heterocycles. The SMILES string of the molecule is CN(CCC1CCNC(CN(CCC2CCN(C(=O)OCc3ccccc3)CC2)C(=O)OC(C)(C)C)C1)C(=O)OC(C)(C)C. The van der Waals surface area contributed by atoms with E-state index in [4.69, 9.17) is 14.2 Å². The fraction of sp³-hybridized carbons (Fsp3) is 0.735. The summed E-state index contributed by atoms with van der Waals surface area (Å²) in [5.74, 6) is 0.881. The predicted molar refractivity (Wildman–Crippen MR) is 171 cm³/mol. The third kappa shape index (κ3) is 12.9. The van der Waals surface area contributed by atoms with Crippen molar-refractivity contribution in [3.8, 4) is 0 Å². The molecule has 2 heterocycles. The second kappa shape index (κ2) is 16.3. The number of carbonyl (C=O) groups is 3. The van der Waals surface area contributed by atoms with Gasteiger partial charge in [0.2, 0.25) is 0 Å². The van der Waals surface area contributed by atoms with E-state index in [-0.39, 0.29) is 30.9 Å². The van der Waals surface area contributed by atoms with Crippen molar-refractivity contribution in [2.75, 3.05) is 46.3 Å². The number of nitrogens with one attached hydrogen (secondary N) is 1. The average molecular weight is 617 g/mol. The zero-order valence-corrected chi connectivity index (χ0v) is 28.1. The van der Waals surface area contributed by atoms with Gasteiger partial charge in [0.15, 0.2) is 0 Å². The maximum Gasteiger partial charge on any atom is 0.410 e. The van der Waals surface area contributed by atoms with Crippen molar-refractivity contribution in [1.29, 1.82) is 0 Å². The van der Waals surface area contributed by atoms with Crippen molar-refractivity contribution >= 4 is 18.3 Å². The first-order valence-electron chi connectivity index (χ1n) is 16.3. The van der Waals surface area contributed by atoms with Crippen molar-refractivity contribution in [1.82, 2.24) is 20.0 Å². The molecule has 3 amide bonds. The van der Waals surface area contributed by atoms with Crippen LogP contribution < -0.4 is 5.32 Å². The topological polar surface area (TPSA) is 101 Å². The van der Waals surface area contributed by atoms with Crippen molar-refractivity contribution in [3.05, 3.63) is 35.9 Å². The fourth-order valence-corrected chi connectivity index (χ4v) is 5.71. The highest BCUT2D eigenvalue weighted by atomic mass is 16.6. The minimum Gasteiger partial charge on any atom is -0.445 e. The minimum absolute atomic E-state index is 0.161. The summed E-state index contributed by atoms with van der Waals surface area (Å²) in [6.45, 7) is 15.6. The quantitative estimate of drug-likeness (QED) is 0.309. The Labute approximate surface area is 264 Å². The Balaban J connectivity index is 1.47. The molecule has 1 N–H and O–H groups in total. The van der Waals surface area contributed by atoms with Gasteiger partial charge < -0.3 is 34.2 Å². The molecule has 0 radical (unpaired) electrons. The summed E-state index contributed by atoms with van der Waals surface area (Å²) in [7, 11) is 1.79. The van der Waals surface area contributed by atoms with Gasteiger partial charge in [0.05, 0.1) is 0 Å². The van der Waals surface area contributed by atoms with Gasteiger partial charge in [-0.25, -0.2) is 14.4 Å². The zero-order chi connectivity index (χ0) is 32.3. The molecule has 2 saturated heterocycles. The normalized spacial score (nSPS) is 19.7. The Morgan fingerprint density at radius 2 is 1.48 bits per heavy atom. The van der Waals surface area contributed by atoms with E-state index in [1.54, 1.807) is 16.8 Å². The van der Waals surface area contributed by atoms with Gasteiger partial charge in [-0.15, -0.1) is 0 Å². The molecule has 0 aromatic heterocycles.